The molecule has 2 unspecified atom stereocenters. The molecular weight excluding hydrogens is 232 g/mol. The number of carboxylic acids is 1. The number of likely N-dealkylation sites (N-methyl/N-ethyl adjacent to an activating group) is 1. The molecule has 0 radical (unpaired) electrons. The minimum absolute atomic E-state index is 0.165. The molecule has 0 bridgehead atoms. The number of carboxylic acid groups (broad SMARTS) is 1. The summed E-state index contributed by atoms with van der Waals surface area (Å²) in [4.78, 5) is 15.7. The molecule has 2 fully saturated rings. The maximum absolute atomic E-state index is 11.2. The first-order valence-electron chi connectivity index (χ1n) is 7.01. The van der Waals surface area contributed by atoms with E-state index in [1.807, 2.05) is 0 Å². The average molecular weight is 256 g/mol. The number of morpholine rings is 1. The number of likely N-dealkylation sites (tertiary alicyclic amines) is 1. The average Bonchev–Trinajstić information content (AvgIpc) is 2.39. The number of rotatable bonds is 4. The first-order chi connectivity index (χ1) is 8.70. The van der Waals surface area contributed by atoms with Gasteiger partial charge in [-0.05, 0) is 25.9 Å². The normalized spacial score (nSPS) is 31.4. The first kappa shape index (κ1) is 13.8. The van der Waals surface area contributed by atoms with Crippen LogP contribution in [-0.4, -0.2) is 72.4 Å². The summed E-state index contributed by atoms with van der Waals surface area (Å²) >= 11 is 0. The van der Waals surface area contributed by atoms with Crippen molar-refractivity contribution in [1.82, 2.24) is 9.80 Å². The van der Waals surface area contributed by atoms with Gasteiger partial charge in [-0.3, -0.25) is 14.6 Å². The van der Waals surface area contributed by atoms with Crippen LogP contribution in [0.5, 0.6) is 0 Å². The lowest BCUT2D eigenvalue weighted by atomic mass is 10.0. The molecule has 2 saturated heterocycles. The van der Waals surface area contributed by atoms with Crippen molar-refractivity contribution in [2.45, 2.75) is 38.3 Å². The Morgan fingerprint density at radius 2 is 2.22 bits per heavy atom. The maximum Gasteiger partial charge on any atom is 0.320 e. The van der Waals surface area contributed by atoms with E-state index in [-0.39, 0.29) is 12.1 Å². The Balaban J connectivity index is 1.88. The quantitative estimate of drug-likeness (QED) is 0.800. The summed E-state index contributed by atoms with van der Waals surface area (Å²) in [5.41, 5.74) is 0. The molecule has 2 atom stereocenters. The fourth-order valence-electron chi connectivity index (χ4n) is 2.93. The number of piperidine rings is 1. The van der Waals surface area contributed by atoms with Gasteiger partial charge in [0.25, 0.3) is 0 Å². The van der Waals surface area contributed by atoms with Crippen molar-refractivity contribution in [2.75, 3.05) is 39.3 Å². The van der Waals surface area contributed by atoms with Gasteiger partial charge in [0, 0.05) is 19.6 Å². The van der Waals surface area contributed by atoms with Crippen LogP contribution >= 0.6 is 0 Å². The van der Waals surface area contributed by atoms with Gasteiger partial charge in [-0.25, -0.2) is 0 Å². The number of aliphatic carboxylic acids is 1. The van der Waals surface area contributed by atoms with E-state index in [1.165, 1.54) is 0 Å². The molecule has 2 aliphatic heterocycles. The van der Waals surface area contributed by atoms with Crippen molar-refractivity contribution in [2.24, 2.45) is 0 Å². The molecule has 0 saturated carbocycles. The van der Waals surface area contributed by atoms with Crippen molar-refractivity contribution in [3.63, 3.8) is 0 Å². The Morgan fingerprint density at radius 3 is 2.94 bits per heavy atom. The molecule has 0 aromatic heterocycles. The van der Waals surface area contributed by atoms with E-state index in [9.17, 15) is 9.90 Å². The SMILES string of the molecule is CCN1CCOC(CN2CCCCC2C(=O)O)C1. The number of hydrogen-bond donors (Lipinski definition) is 1. The zero-order valence-electron chi connectivity index (χ0n) is 11.2. The Labute approximate surface area is 109 Å². The lowest BCUT2D eigenvalue weighted by Crippen LogP contribution is -2.52. The van der Waals surface area contributed by atoms with Crippen LogP contribution in [0.1, 0.15) is 26.2 Å². The molecule has 0 amide bonds. The molecule has 0 aromatic carbocycles. The lowest BCUT2D eigenvalue weighted by Gasteiger charge is -2.38. The zero-order chi connectivity index (χ0) is 13.0. The molecule has 2 heterocycles. The smallest absolute Gasteiger partial charge is 0.320 e. The van der Waals surface area contributed by atoms with Gasteiger partial charge < -0.3 is 9.84 Å². The van der Waals surface area contributed by atoms with Gasteiger partial charge in [-0.1, -0.05) is 13.3 Å². The number of hydrogen-bond acceptors (Lipinski definition) is 4. The van der Waals surface area contributed by atoms with E-state index < -0.39 is 5.97 Å². The van der Waals surface area contributed by atoms with Crippen LogP contribution in [0.4, 0.5) is 0 Å². The molecular formula is C13H24N2O3. The maximum atomic E-state index is 11.2. The fourth-order valence-corrected chi connectivity index (χ4v) is 2.93. The number of carbonyl (C=O) groups is 1. The highest BCUT2D eigenvalue weighted by Gasteiger charge is 2.31. The van der Waals surface area contributed by atoms with Crippen molar-refractivity contribution in [1.29, 1.82) is 0 Å². The van der Waals surface area contributed by atoms with Crippen LogP contribution in [0.3, 0.4) is 0 Å². The van der Waals surface area contributed by atoms with E-state index in [1.54, 1.807) is 0 Å². The van der Waals surface area contributed by atoms with Crippen LogP contribution in [0.2, 0.25) is 0 Å². The van der Waals surface area contributed by atoms with Crippen LogP contribution in [0, 0.1) is 0 Å². The predicted molar refractivity (Wildman–Crippen MR) is 68.7 cm³/mol. The molecule has 5 nitrogen and oxygen atoms in total. The summed E-state index contributed by atoms with van der Waals surface area (Å²) in [7, 11) is 0. The van der Waals surface area contributed by atoms with E-state index in [0.717, 1.165) is 58.6 Å². The topological polar surface area (TPSA) is 53.0 Å². The zero-order valence-corrected chi connectivity index (χ0v) is 11.2. The van der Waals surface area contributed by atoms with Crippen molar-refractivity contribution in [3.05, 3.63) is 0 Å². The summed E-state index contributed by atoms with van der Waals surface area (Å²) in [6.07, 6.45) is 3.08. The summed E-state index contributed by atoms with van der Waals surface area (Å²) in [6, 6.07) is -0.306. The first-order valence-corrected chi connectivity index (χ1v) is 7.01. The second-order valence-corrected chi connectivity index (χ2v) is 5.23. The Morgan fingerprint density at radius 1 is 1.39 bits per heavy atom. The minimum Gasteiger partial charge on any atom is -0.480 e. The highest BCUT2D eigenvalue weighted by molar-refractivity contribution is 5.73. The van der Waals surface area contributed by atoms with Crippen molar-refractivity contribution in [3.8, 4) is 0 Å². The van der Waals surface area contributed by atoms with E-state index >= 15 is 0 Å². The molecule has 2 aliphatic rings. The van der Waals surface area contributed by atoms with Crippen LogP contribution < -0.4 is 0 Å². The fraction of sp³-hybridized carbons (Fsp3) is 0.923. The number of nitrogens with zero attached hydrogens (tertiary/aromatic N) is 2. The monoisotopic (exact) mass is 256 g/mol. The van der Waals surface area contributed by atoms with E-state index in [4.69, 9.17) is 4.74 Å². The largest absolute Gasteiger partial charge is 0.480 e. The van der Waals surface area contributed by atoms with Gasteiger partial charge in [-0.15, -0.1) is 0 Å². The molecule has 104 valence electrons. The van der Waals surface area contributed by atoms with Gasteiger partial charge >= 0.3 is 5.97 Å². The molecule has 18 heavy (non-hydrogen) atoms. The summed E-state index contributed by atoms with van der Waals surface area (Å²) in [5.74, 6) is -0.683. The van der Waals surface area contributed by atoms with E-state index in [2.05, 4.69) is 16.7 Å². The third-order valence-corrected chi connectivity index (χ3v) is 4.01. The second kappa shape index (κ2) is 6.50. The summed E-state index contributed by atoms with van der Waals surface area (Å²) in [6.45, 7) is 7.54. The molecule has 5 heteroatoms. The highest BCUT2D eigenvalue weighted by atomic mass is 16.5. The van der Waals surface area contributed by atoms with Gasteiger partial charge in [0.2, 0.25) is 0 Å². The molecule has 1 N–H and O–H groups in total. The highest BCUT2D eigenvalue weighted by Crippen LogP contribution is 2.19. The van der Waals surface area contributed by atoms with Crippen molar-refractivity contribution >= 4 is 5.97 Å². The third kappa shape index (κ3) is 3.43. The molecule has 0 spiro atoms. The summed E-state index contributed by atoms with van der Waals surface area (Å²) < 4.78 is 5.76. The van der Waals surface area contributed by atoms with Gasteiger partial charge in [-0.2, -0.15) is 0 Å². The lowest BCUT2D eigenvalue weighted by molar-refractivity contribution is -0.146. The predicted octanol–water partition coefficient (Wildman–Crippen LogP) is 0.646. The van der Waals surface area contributed by atoms with Crippen LogP contribution in [0.15, 0.2) is 0 Å². The Kier molecular flexibility index (Phi) is 4.97. The van der Waals surface area contributed by atoms with Gasteiger partial charge in [0.15, 0.2) is 0 Å². The molecule has 0 aromatic rings. The van der Waals surface area contributed by atoms with Crippen LogP contribution in [-0.2, 0) is 9.53 Å². The van der Waals surface area contributed by atoms with Crippen molar-refractivity contribution < 1.29 is 14.6 Å². The second-order valence-electron chi connectivity index (χ2n) is 5.23. The summed E-state index contributed by atoms with van der Waals surface area (Å²) in [5, 5.41) is 9.24. The molecule has 0 aliphatic carbocycles. The van der Waals surface area contributed by atoms with E-state index in [0.29, 0.717) is 0 Å². The Bertz CT molecular complexity index is 285. The van der Waals surface area contributed by atoms with Gasteiger partial charge in [0.1, 0.15) is 6.04 Å². The van der Waals surface area contributed by atoms with Gasteiger partial charge in [0.05, 0.1) is 12.7 Å². The third-order valence-electron chi connectivity index (χ3n) is 4.01. The van der Waals surface area contributed by atoms with Crippen LogP contribution in [0.25, 0.3) is 0 Å². The standard InChI is InChI=1S/C13H24N2O3/c1-2-14-7-8-18-11(9-14)10-15-6-4-3-5-12(15)13(16)17/h11-12H,2-10H2,1H3,(H,16,17). The Hall–Kier alpha value is -0.650. The molecule has 2 rings (SSSR count). The number of ether oxygens (including phenoxy) is 1. The minimum atomic E-state index is -0.683.